The van der Waals surface area contributed by atoms with Crippen molar-refractivity contribution < 1.29 is 4.79 Å². The predicted molar refractivity (Wildman–Crippen MR) is 124 cm³/mol. The number of rotatable bonds is 4. The number of carbonyl (C=O) groups is 1. The summed E-state index contributed by atoms with van der Waals surface area (Å²) in [5.41, 5.74) is 4.51. The summed E-state index contributed by atoms with van der Waals surface area (Å²) < 4.78 is 2.28. The molecule has 5 heteroatoms. The van der Waals surface area contributed by atoms with Crippen molar-refractivity contribution >= 4 is 39.7 Å². The van der Waals surface area contributed by atoms with Crippen LogP contribution in [0.15, 0.2) is 58.4 Å². The van der Waals surface area contributed by atoms with E-state index in [0.29, 0.717) is 13.1 Å². The van der Waals surface area contributed by atoms with Gasteiger partial charge in [0.2, 0.25) is 0 Å². The summed E-state index contributed by atoms with van der Waals surface area (Å²) in [6.45, 7) is 9.52. The zero-order chi connectivity index (χ0) is 20.5. The first kappa shape index (κ1) is 19.5. The fraction of sp³-hybridized carbons (Fsp3) is 0.250. The van der Waals surface area contributed by atoms with Crippen molar-refractivity contribution in [1.29, 1.82) is 0 Å². The number of amides is 1. The molecule has 4 nitrogen and oxygen atoms in total. The van der Waals surface area contributed by atoms with Crippen LogP contribution < -0.4 is 0 Å². The lowest BCUT2D eigenvalue weighted by molar-refractivity contribution is -0.122. The zero-order valence-corrected chi connectivity index (χ0v) is 18.1. The molecule has 1 aliphatic rings. The van der Waals surface area contributed by atoms with Crippen molar-refractivity contribution in [2.75, 3.05) is 13.1 Å². The molecule has 148 valence electrons. The van der Waals surface area contributed by atoms with Crippen LogP contribution in [0.5, 0.6) is 0 Å². The second-order valence-corrected chi connectivity index (χ2v) is 8.09. The van der Waals surface area contributed by atoms with Gasteiger partial charge in [-0.3, -0.25) is 14.7 Å². The minimum absolute atomic E-state index is 0.0414. The fourth-order valence-electron chi connectivity index (χ4n) is 3.89. The topological polar surface area (TPSA) is 37.6 Å². The van der Waals surface area contributed by atoms with Gasteiger partial charge in [0, 0.05) is 29.9 Å². The smallest absolute Gasteiger partial charge is 0.266 e. The Morgan fingerprint density at radius 1 is 1.07 bits per heavy atom. The number of benzene rings is 2. The Morgan fingerprint density at radius 2 is 1.83 bits per heavy atom. The van der Waals surface area contributed by atoms with Gasteiger partial charge in [0.05, 0.1) is 10.6 Å². The first-order valence-corrected chi connectivity index (χ1v) is 10.8. The monoisotopic (exact) mass is 403 g/mol. The van der Waals surface area contributed by atoms with Crippen LogP contribution in [0.1, 0.15) is 30.8 Å². The normalized spacial score (nSPS) is 17.2. The van der Waals surface area contributed by atoms with Gasteiger partial charge >= 0.3 is 0 Å². The lowest BCUT2D eigenvalue weighted by Crippen LogP contribution is -2.28. The lowest BCUT2D eigenvalue weighted by Gasteiger charge is -2.13. The van der Waals surface area contributed by atoms with Crippen LogP contribution in [0.2, 0.25) is 0 Å². The highest BCUT2D eigenvalue weighted by molar-refractivity contribution is 8.18. The van der Waals surface area contributed by atoms with Gasteiger partial charge in [-0.1, -0.05) is 36.4 Å². The minimum Gasteiger partial charge on any atom is -0.317 e. The molecule has 0 N–H and O–H groups in total. The van der Waals surface area contributed by atoms with Gasteiger partial charge in [-0.15, -0.1) is 0 Å². The van der Waals surface area contributed by atoms with Crippen molar-refractivity contribution in [3.63, 3.8) is 0 Å². The summed E-state index contributed by atoms with van der Waals surface area (Å²) >= 11 is 1.47. The molecule has 1 amide bonds. The molecular weight excluding hydrogens is 378 g/mol. The molecule has 1 fully saturated rings. The van der Waals surface area contributed by atoms with E-state index in [9.17, 15) is 4.79 Å². The number of hydrogen-bond donors (Lipinski definition) is 0. The predicted octanol–water partition coefficient (Wildman–Crippen LogP) is 5.56. The van der Waals surface area contributed by atoms with E-state index in [2.05, 4.69) is 71.9 Å². The molecule has 1 aromatic heterocycles. The Balaban J connectivity index is 1.80. The number of likely N-dealkylation sites (N-methyl/N-ethyl adjacent to an activating group) is 1. The van der Waals surface area contributed by atoms with E-state index in [4.69, 9.17) is 0 Å². The van der Waals surface area contributed by atoms with E-state index >= 15 is 0 Å². The molecule has 2 aromatic carbocycles. The van der Waals surface area contributed by atoms with E-state index < -0.39 is 0 Å². The van der Waals surface area contributed by atoms with Crippen LogP contribution in [0.25, 0.3) is 22.5 Å². The van der Waals surface area contributed by atoms with Gasteiger partial charge in [-0.25, -0.2) is 0 Å². The third kappa shape index (κ3) is 3.40. The minimum atomic E-state index is 0.0414. The summed E-state index contributed by atoms with van der Waals surface area (Å²) in [4.78, 5) is 19.8. The first-order chi connectivity index (χ1) is 14.0. The third-order valence-electron chi connectivity index (χ3n) is 5.26. The van der Waals surface area contributed by atoms with Gasteiger partial charge in [-0.2, -0.15) is 0 Å². The van der Waals surface area contributed by atoms with Crippen molar-refractivity contribution in [2.24, 2.45) is 4.99 Å². The summed E-state index contributed by atoms with van der Waals surface area (Å²) in [5, 5.41) is 3.24. The molecule has 1 aliphatic heterocycles. The Kier molecular flexibility index (Phi) is 5.33. The first-order valence-electron chi connectivity index (χ1n) is 9.98. The maximum absolute atomic E-state index is 12.8. The van der Waals surface area contributed by atoms with Crippen molar-refractivity contribution in [1.82, 2.24) is 9.47 Å². The molecule has 0 bridgehead atoms. The molecule has 1 saturated heterocycles. The van der Waals surface area contributed by atoms with Crippen LogP contribution in [0.3, 0.4) is 0 Å². The van der Waals surface area contributed by atoms with Crippen LogP contribution in [0.4, 0.5) is 0 Å². The molecular formula is C24H25N3OS. The summed E-state index contributed by atoms with van der Waals surface area (Å²) in [5.74, 6) is 0.0414. The number of amidine groups is 1. The van der Waals surface area contributed by atoms with Gasteiger partial charge < -0.3 is 4.57 Å². The number of fused-ring (bicyclic) bond motifs is 1. The van der Waals surface area contributed by atoms with Crippen molar-refractivity contribution in [3.8, 4) is 5.69 Å². The number of aromatic nitrogens is 1. The quantitative estimate of drug-likeness (QED) is 0.535. The van der Waals surface area contributed by atoms with E-state index in [1.165, 1.54) is 22.5 Å². The van der Waals surface area contributed by atoms with E-state index in [1.54, 1.807) is 4.90 Å². The largest absolute Gasteiger partial charge is 0.317 e. The van der Waals surface area contributed by atoms with E-state index in [-0.39, 0.29) is 5.91 Å². The standard InChI is InChI=1S/C24H25N3OS/c1-5-25-24-26(6-2)23(28)22(29-24)15-19-14-16(3)27(17(19)4)21-13-9-11-18-10-7-8-12-20(18)21/h7-15H,5-6H2,1-4H3/b22-15-,25-24?. The molecule has 0 saturated carbocycles. The van der Waals surface area contributed by atoms with Gasteiger partial charge in [0.1, 0.15) is 0 Å². The number of aliphatic imine (C=N–C) groups is 1. The highest BCUT2D eigenvalue weighted by Gasteiger charge is 2.32. The van der Waals surface area contributed by atoms with Gasteiger partial charge in [0.15, 0.2) is 5.17 Å². The fourth-order valence-corrected chi connectivity index (χ4v) is 4.98. The van der Waals surface area contributed by atoms with Gasteiger partial charge in [-0.05, 0) is 68.6 Å². The number of nitrogens with zero attached hydrogens (tertiary/aromatic N) is 3. The lowest BCUT2D eigenvalue weighted by atomic mass is 10.1. The van der Waals surface area contributed by atoms with Crippen LogP contribution in [-0.4, -0.2) is 33.6 Å². The Labute approximate surface area is 175 Å². The number of carbonyl (C=O) groups excluding carboxylic acids is 1. The molecule has 3 aromatic rings. The molecule has 29 heavy (non-hydrogen) atoms. The van der Waals surface area contributed by atoms with E-state index in [1.807, 2.05) is 19.9 Å². The summed E-state index contributed by atoms with van der Waals surface area (Å²) in [6, 6.07) is 17.0. The molecule has 0 aliphatic carbocycles. The van der Waals surface area contributed by atoms with Crippen LogP contribution in [-0.2, 0) is 4.79 Å². The van der Waals surface area contributed by atoms with Crippen molar-refractivity contribution in [2.45, 2.75) is 27.7 Å². The zero-order valence-electron chi connectivity index (χ0n) is 17.3. The average molecular weight is 404 g/mol. The number of hydrogen-bond acceptors (Lipinski definition) is 3. The van der Waals surface area contributed by atoms with E-state index in [0.717, 1.165) is 32.7 Å². The number of aryl methyl sites for hydroxylation is 1. The summed E-state index contributed by atoms with van der Waals surface area (Å²) in [7, 11) is 0. The highest BCUT2D eigenvalue weighted by atomic mass is 32.2. The Morgan fingerprint density at radius 3 is 2.59 bits per heavy atom. The number of thioether (sulfide) groups is 1. The maximum atomic E-state index is 12.8. The van der Waals surface area contributed by atoms with Crippen LogP contribution in [0, 0.1) is 13.8 Å². The molecule has 0 radical (unpaired) electrons. The van der Waals surface area contributed by atoms with Gasteiger partial charge in [0.25, 0.3) is 5.91 Å². The van der Waals surface area contributed by atoms with Crippen molar-refractivity contribution in [3.05, 3.63) is 70.4 Å². The van der Waals surface area contributed by atoms with Crippen LogP contribution >= 0.6 is 11.8 Å². The Bertz CT molecular complexity index is 1150. The molecule has 0 unspecified atom stereocenters. The summed E-state index contributed by atoms with van der Waals surface area (Å²) in [6.07, 6.45) is 2.01. The average Bonchev–Trinajstić information content (AvgIpc) is 3.17. The maximum Gasteiger partial charge on any atom is 0.266 e. The SMILES string of the molecule is CCN=C1S/C(=C\c2cc(C)n(-c3cccc4ccccc34)c2C)C(=O)N1CC. The molecule has 0 atom stereocenters. The second-order valence-electron chi connectivity index (χ2n) is 7.08. The Hall–Kier alpha value is -2.79. The molecule has 2 heterocycles. The molecule has 4 rings (SSSR count). The third-order valence-corrected chi connectivity index (χ3v) is 6.31. The highest BCUT2D eigenvalue weighted by Crippen LogP contribution is 2.34. The molecule has 0 spiro atoms. The second kappa shape index (κ2) is 7.91.